The Kier molecular flexibility index (Phi) is 5.79. The minimum absolute atomic E-state index is 0. The predicted octanol–water partition coefficient (Wildman–Crippen LogP) is 0.355. The molecule has 1 aromatic carbocycles. The maximum absolute atomic E-state index is 11.9. The summed E-state index contributed by atoms with van der Waals surface area (Å²) in [6.07, 6.45) is 2.01. The van der Waals surface area contributed by atoms with E-state index >= 15 is 0 Å². The summed E-state index contributed by atoms with van der Waals surface area (Å²) in [5, 5.41) is 5.90. The topological polar surface area (TPSA) is 87.3 Å². The maximum atomic E-state index is 11.9. The summed E-state index contributed by atoms with van der Waals surface area (Å²) in [5.41, 5.74) is 2.82. The van der Waals surface area contributed by atoms with Crippen LogP contribution in [0.25, 0.3) is 0 Å². The highest BCUT2D eigenvalue weighted by atomic mass is 35.5. The normalized spacial score (nSPS) is 13.1. The number of halogens is 1. The number of carbonyl (C=O) groups excluding carboxylic acids is 1. The molecule has 1 amide bonds. The maximum Gasteiger partial charge on any atom is 0.251 e. The van der Waals surface area contributed by atoms with E-state index in [0.29, 0.717) is 5.56 Å². The molecule has 0 aliphatic carbocycles. The van der Waals surface area contributed by atoms with Crippen LogP contribution in [0.3, 0.4) is 0 Å². The lowest BCUT2D eigenvalue weighted by molar-refractivity contribution is 0.0954. The van der Waals surface area contributed by atoms with Gasteiger partial charge in [-0.1, -0.05) is 0 Å². The van der Waals surface area contributed by atoms with Gasteiger partial charge in [-0.3, -0.25) is 4.79 Å². The Morgan fingerprint density at radius 3 is 2.80 bits per heavy atom. The van der Waals surface area contributed by atoms with Crippen LogP contribution in [0, 0.1) is 0 Å². The van der Waals surface area contributed by atoms with Gasteiger partial charge < -0.3 is 10.6 Å². The molecule has 8 heteroatoms. The summed E-state index contributed by atoms with van der Waals surface area (Å²) in [7, 11) is -3.20. The molecular formula is C12H18ClN3O3S. The molecule has 0 bridgehead atoms. The SMILES string of the molecule is CS(=O)(=O)NCCNC(=O)c1ccc2c(c1)CCN2.Cl. The van der Waals surface area contributed by atoms with Crippen molar-refractivity contribution in [3.8, 4) is 0 Å². The van der Waals surface area contributed by atoms with Crippen molar-refractivity contribution < 1.29 is 13.2 Å². The van der Waals surface area contributed by atoms with Gasteiger partial charge in [-0.2, -0.15) is 0 Å². The highest BCUT2D eigenvalue weighted by Crippen LogP contribution is 2.22. The van der Waals surface area contributed by atoms with Gasteiger partial charge in [-0.25, -0.2) is 13.1 Å². The van der Waals surface area contributed by atoms with Crippen LogP contribution in [0.1, 0.15) is 15.9 Å². The molecule has 0 atom stereocenters. The zero-order chi connectivity index (χ0) is 13.9. The monoisotopic (exact) mass is 319 g/mol. The van der Waals surface area contributed by atoms with Crippen molar-refractivity contribution >= 4 is 34.0 Å². The van der Waals surface area contributed by atoms with Crippen molar-refractivity contribution in [3.63, 3.8) is 0 Å². The largest absolute Gasteiger partial charge is 0.384 e. The molecule has 1 aromatic rings. The number of nitrogens with one attached hydrogen (secondary N) is 3. The number of amides is 1. The third-order valence-corrected chi connectivity index (χ3v) is 3.58. The average Bonchev–Trinajstić information content (AvgIpc) is 2.80. The van der Waals surface area contributed by atoms with E-state index in [4.69, 9.17) is 0 Å². The summed E-state index contributed by atoms with van der Waals surface area (Å²) in [4.78, 5) is 11.9. The number of benzene rings is 1. The second-order valence-corrected chi connectivity index (χ2v) is 6.30. The number of sulfonamides is 1. The Bertz CT molecular complexity index is 590. The van der Waals surface area contributed by atoms with E-state index in [1.54, 1.807) is 6.07 Å². The molecule has 0 unspecified atom stereocenters. The van der Waals surface area contributed by atoms with Crippen LogP contribution in [0.15, 0.2) is 18.2 Å². The van der Waals surface area contributed by atoms with E-state index in [1.807, 2.05) is 12.1 Å². The van der Waals surface area contributed by atoms with Crippen LogP contribution in [0.4, 0.5) is 5.69 Å². The standard InChI is InChI=1S/C12H17N3O3S.ClH/c1-19(17,18)15-7-6-14-12(16)10-2-3-11-9(8-10)4-5-13-11;/h2-3,8,13,15H,4-7H2,1H3,(H,14,16);1H. The Morgan fingerprint density at radius 1 is 1.35 bits per heavy atom. The van der Waals surface area contributed by atoms with Gasteiger partial charge in [-0.15, -0.1) is 12.4 Å². The Hall–Kier alpha value is -1.31. The van der Waals surface area contributed by atoms with Crippen LogP contribution in [-0.4, -0.2) is 40.2 Å². The molecule has 0 radical (unpaired) electrons. The smallest absolute Gasteiger partial charge is 0.251 e. The minimum Gasteiger partial charge on any atom is -0.384 e. The van der Waals surface area contributed by atoms with Crippen molar-refractivity contribution in [2.75, 3.05) is 31.2 Å². The van der Waals surface area contributed by atoms with Gasteiger partial charge in [0.05, 0.1) is 6.26 Å². The number of rotatable bonds is 5. The molecule has 0 spiro atoms. The second-order valence-electron chi connectivity index (χ2n) is 4.47. The van der Waals surface area contributed by atoms with Crippen molar-refractivity contribution in [1.29, 1.82) is 0 Å². The molecule has 2 rings (SSSR count). The number of fused-ring (bicyclic) bond motifs is 1. The lowest BCUT2D eigenvalue weighted by Crippen LogP contribution is -2.34. The predicted molar refractivity (Wildman–Crippen MR) is 81.1 cm³/mol. The molecule has 1 aliphatic rings. The van der Waals surface area contributed by atoms with Gasteiger partial charge in [-0.05, 0) is 30.2 Å². The fraction of sp³-hybridized carbons (Fsp3) is 0.417. The first-order valence-electron chi connectivity index (χ1n) is 6.05. The van der Waals surface area contributed by atoms with E-state index < -0.39 is 10.0 Å². The van der Waals surface area contributed by atoms with E-state index in [1.165, 1.54) is 0 Å². The van der Waals surface area contributed by atoms with Gasteiger partial charge in [0.2, 0.25) is 10.0 Å². The van der Waals surface area contributed by atoms with Gasteiger partial charge >= 0.3 is 0 Å². The molecule has 20 heavy (non-hydrogen) atoms. The summed E-state index contributed by atoms with van der Waals surface area (Å²) >= 11 is 0. The molecule has 1 aliphatic heterocycles. The van der Waals surface area contributed by atoms with Crippen LogP contribution in [0.5, 0.6) is 0 Å². The average molecular weight is 320 g/mol. The van der Waals surface area contributed by atoms with Gasteiger partial charge in [0.1, 0.15) is 0 Å². The van der Waals surface area contributed by atoms with Crippen LogP contribution < -0.4 is 15.4 Å². The van der Waals surface area contributed by atoms with Gasteiger partial charge in [0.15, 0.2) is 0 Å². The first-order valence-corrected chi connectivity index (χ1v) is 7.94. The van der Waals surface area contributed by atoms with Gasteiger partial charge in [0, 0.05) is 30.9 Å². The number of anilines is 1. The summed E-state index contributed by atoms with van der Waals surface area (Å²) < 4.78 is 24.0. The number of carbonyl (C=O) groups is 1. The molecule has 0 fully saturated rings. The van der Waals surface area contributed by atoms with E-state index in [0.717, 1.165) is 30.5 Å². The second kappa shape index (κ2) is 6.92. The lowest BCUT2D eigenvalue weighted by atomic mass is 10.1. The van der Waals surface area contributed by atoms with Crippen molar-refractivity contribution in [2.24, 2.45) is 0 Å². The zero-order valence-electron chi connectivity index (χ0n) is 11.1. The number of hydrogen-bond donors (Lipinski definition) is 3. The number of hydrogen-bond acceptors (Lipinski definition) is 4. The van der Waals surface area contributed by atoms with Crippen LogP contribution >= 0.6 is 12.4 Å². The summed E-state index contributed by atoms with van der Waals surface area (Å²) in [5.74, 6) is -0.190. The van der Waals surface area contributed by atoms with E-state index in [9.17, 15) is 13.2 Å². The minimum atomic E-state index is -3.20. The fourth-order valence-electron chi connectivity index (χ4n) is 1.96. The lowest BCUT2D eigenvalue weighted by Gasteiger charge is -2.07. The molecule has 0 saturated heterocycles. The van der Waals surface area contributed by atoms with Gasteiger partial charge in [0.25, 0.3) is 5.91 Å². The molecule has 0 saturated carbocycles. The molecule has 112 valence electrons. The third kappa shape index (κ3) is 4.66. The Balaban J connectivity index is 0.00000200. The first kappa shape index (κ1) is 16.7. The molecule has 6 nitrogen and oxygen atoms in total. The molecule has 1 heterocycles. The zero-order valence-corrected chi connectivity index (χ0v) is 12.7. The fourth-order valence-corrected chi connectivity index (χ4v) is 2.43. The Morgan fingerprint density at radius 2 is 2.10 bits per heavy atom. The quantitative estimate of drug-likeness (QED) is 0.684. The van der Waals surface area contributed by atoms with E-state index in [2.05, 4.69) is 15.4 Å². The van der Waals surface area contributed by atoms with Crippen LogP contribution in [-0.2, 0) is 16.4 Å². The van der Waals surface area contributed by atoms with Crippen LogP contribution in [0.2, 0.25) is 0 Å². The third-order valence-electron chi connectivity index (χ3n) is 2.85. The highest BCUT2D eigenvalue weighted by molar-refractivity contribution is 7.88. The van der Waals surface area contributed by atoms with Crippen molar-refractivity contribution in [3.05, 3.63) is 29.3 Å². The highest BCUT2D eigenvalue weighted by Gasteiger charge is 2.13. The molecular weight excluding hydrogens is 302 g/mol. The molecule has 3 N–H and O–H groups in total. The van der Waals surface area contributed by atoms with E-state index in [-0.39, 0.29) is 31.4 Å². The van der Waals surface area contributed by atoms with Crippen molar-refractivity contribution in [2.45, 2.75) is 6.42 Å². The summed E-state index contributed by atoms with van der Waals surface area (Å²) in [6, 6.07) is 5.52. The molecule has 0 aromatic heterocycles. The first-order chi connectivity index (χ1) is 8.96. The Labute approximate surface area is 124 Å². The summed E-state index contributed by atoms with van der Waals surface area (Å²) in [6.45, 7) is 1.36. The van der Waals surface area contributed by atoms with Crippen molar-refractivity contribution in [1.82, 2.24) is 10.0 Å².